The Morgan fingerprint density at radius 1 is 1.50 bits per heavy atom. The largest absolute Gasteiger partial charge is 0.312 e. The highest BCUT2D eigenvalue weighted by molar-refractivity contribution is 7.99. The molecule has 1 amide bonds. The Morgan fingerprint density at radius 2 is 2.29 bits per heavy atom. The smallest absolute Gasteiger partial charge is 0.279 e. The van der Waals surface area contributed by atoms with Crippen LogP contribution < -0.4 is 10.9 Å². The topological polar surface area (TPSA) is 64.0 Å². The van der Waals surface area contributed by atoms with E-state index in [2.05, 4.69) is 16.9 Å². The Labute approximate surface area is 142 Å². The number of nitrogens with zero attached hydrogens (tertiary/aromatic N) is 2. The van der Waals surface area contributed by atoms with Crippen LogP contribution in [0.25, 0.3) is 0 Å². The van der Waals surface area contributed by atoms with E-state index in [0.717, 1.165) is 0 Å². The molecule has 0 unspecified atom stereocenters. The van der Waals surface area contributed by atoms with Crippen molar-refractivity contribution < 1.29 is 9.18 Å². The van der Waals surface area contributed by atoms with Gasteiger partial charge in [0.2, 0.25) is 5.91 Å². The van der Waals surface area contributed by atoms with E-state index < -0.39 is 17.3 Å². The van der Waals surface area contributed by atoms with Crippen LogP contribution in [0.5, 0.6) is 0 Å². The predicted octanol–water partition coefficient (Wildman–Crippen LogP) is 2.67. The number of thioether (sulfide) groups is 1. The number of aromatic nitrogens is 2. The van der Waals surface area contributed by atoms with Crippen LogP contribution in [0.3, 0.4) is 0 Å². The maximum atomic E-state index is 13.6. The Balaban J connectivity index is 2.16. The average Bonchev–Trinajstić information content (AvgIpc) is 2.56. The lowest BCUT2D eigenvalue weighted by Crippen LogP contribution is -2.33. The summed E-state index contributed by atoms with van der Waals surface area (Å²) in [5.41, 5.74) is 0.589. The molecule has 2 aromatic rings. The first-order valence-corrected chi connectivity index (χ1v) is 8.39. The first kappa shape index (κ1) is 16.4. The van der Waals surface area contributed by atoms with Crippen molar-refractivity contribution in [3.63, 3.8) is 0 Å². The average molecular weight is 345 g/mol. The molecule has 0 radical (unpaired) electrons. The van der Waals surface area contributed by atoms with Gasteiger partial charge in [0.25, 0.3) is 5.56 Å². The minimum absolute atomic E-state index is 0.0898. The highest BCUT2D eigenvalue weighted by Crippen LogP contribution is 2.35. The molecule has 0 saturated heterocycles. The van der Waals surface area contributed by atoms with Crippen molar-refractivity contribution in [1.82, 2.24) is 9.55 Å². The van der Waals surface area contributed by atoms with Gasteiger partial charge in [-0.1, -0.05) is 30.0 Å². The number of fused-ring (bicyclic) bond motifs is 1. The summed E-state index contributed by atoms with van der Waals surface area (Å²) in [4.78, 5) is 28.8. The molecule has 0 spiro atoms. The van der Waals surface area contributed by atoms with Crippen LogP contribution in [0, 0.1) is 5.82 Å². The normalized spacial score (nSPS) is 16.4. The molecule has 1 aliphatic rings. The van der Waals surface area contributed by atoms with Crippen LogP contribution in [0.15, 0.2) is 46.9 Å². The SMILES string of the molecule is C=CCSc1nc(=O)c2c(n1C)NC(=O)C[C@@H]2c1cccc(F)c1. The molecule has 1 aromatic heterocycles. The molecule has 0 aliphatic carbocycles. The van der Waals surface area contributed by atoms with Crippen molar-refractivity contribution >= 4 is 23.5 Å². The predicted molar refractivity (Wildman–Crippen MR) is 91.9 cm³/mol. The molecule has 0 bridgehead atoms. The molecule has 1 aliphatic heterocycles. The minimum atomic E-state index is -0.505. The Kier molecular flexibility index (Phi) is 4.53. The monoisotopic (exact) mass is 345 g/mol. The van der Waals surface area contributed by atoms with Crippen molar-refractivity contribution in [2.45, 2.75) is 17.5 Å². The van der Waals surface area contributed by atoms with Crippen molar-refractivity contribution in [1.29, 1.82) is 0 Å². The molecule has 5 nitrogen and oxygen atoms in total. The third-order valence-electron chi connectivity index (χ3n) is 3.88. The summed E-state index contributed by atoms with van der Waals surface area (Å²) in [6.07, 6.45) is 1.80. The molecule has 0 saturated carbocycles. The van der Waals surface area contributed by atoms with E-state index in [9.17, 15) is 14.0 Å². The second-order valence-corrected chi connectivity index (χ2v) is 6.47. The number of anilines is 1. The van der Waals surface area contributed by atoms with Gasteiger partial charge in [0, 0.05) is 25.1 Å². The standard InChI is InChI=1S/C17H16FN3O2S/c1-3-7-24-17-20-16(23)14-12(10-5-4-6-11(18)8-10)9-13(22)19-15(14)21(17)2/h3-6,8,12H,1,7,9H2,2H3,(H,19,22)/t12-/m1/s1. The van der Waals surface area contributed by atoms with Crippen LogP contribution in [-0.4, -0.2) is 21.2 Å². The molecule has 2 heterocycles. The number of rotatable bonds is 4. The summed E-state index contributed by atoms with van der Waals surface area (Å²) in [7, 11) is 1.74. The molecule has 124 valence electrons. The number of benzene rings is 1. The first-order chi connectivity index (χ1) is 11.5. The van der Waals surface area contributed by atoms with Crippen LogP contribution in [0.1, 0.15) is 23.5 Å². The number of hydrogen-bond donors (Lipinski definition) is 1. The second kappa shape index (κ2) is 6.60. The molecule has 1 N–H and O–H groups in total. The lowest BCUT2D eigenvalue weighted by molar-refractivity contribution is -0.116. The fourth-order valence-corrected chi connectivity index (χ4v) is 3.51. The number of carbonyl (C=O) groups excluding carboxylic acids is 1. The highest BCUT2D eigenvalue weighted by atomic mass is 32.2. The number of nitrogens with one attached hydrogen (secondary N) is 1. The van der Waals surface area contributed by atoms with E-state index in [-0.39, 0.29) is 12.3 Å². The fraction of sp³-hybridized carbons (Fsp3) is 0.235. The Bertz CT molecular complexity index is 879. The second-order valence-electron chi connectivity index (χ2n) is 5.48. The van der Waals surface area contributed by atoms with Gasteiger partial charge in [-0.25, -0.2) is 4.39 Å². The van der Waals surface area contributed by atoms with Gasteiger partial charge in [0.15, 0.2) is 5.16 Å². The molecule has 24 heavy (non-hydrogen) atoms. The van der Waals surface area contributed by atoms with Gasteiger partial charge in [-0.3, -0.25) is 9.59 Å². The van der Waals surface area contributed by atoms with Gasteiger partial charge in [0.05, 0.1) is 5.56 Å². The zero-order valence-corrected chi connectivity index (χ0v) is 13.9. The molecule has 1 aromatic carbocycles. The summed E-state index contributed by atoms with van der Waals surface area (Å²) >= 11 is 1.36. The Morgan fingerprint density at radius 3 is 3.00 bits per heavy atom. The quantitative estimate of drug-likeness (QED) is 0.526. The van der Waals surface area contributed by atoms with Gasteiger partial charge >= 0.3 is 0 Å². The van der Waals surface area contributed by atoms with Gasteiger partial charge in [-0.05, 0) is 17.7 Å². The number of hydrogen-bond acceptors (Lipinski definition) is 4. The van der Waals surface area contributed by atoms with Crippen molar-refractivity contribution in [2.24, 2.45) is 7.05 Å². The van der Waals surface area contributed by atoms with Crippen LogP contribution >= 0.6 is 11.8 Å². The van der Waals surface area contributed by atoms with E-state index in [0.29, 0.717) is 27.9 Å². The highest BCUT2D eigenvalue weighted by Gasteiger charge is 2.32. The minimum Gasteiger partial charge on any atom is -0.312 e. The third kappa shape index (κ3) is 2.99. The van der Waals surface area contributed by atoms with Gasteiger partial charge < -0.3 is 9.88 Å². The summed E-state index contributed by atoms with van der Waals surface area (Å²) in [5.74, 6) is -0.0952. The summed E-state index contributed by atoms with van der Waals surface area (Å²) < 4.78 is 15.3. The number of carbonyl (C=O) groups is 1. The maximum Gasteiger partial charge on any atom is 0.279 e. The Hall–Kier alpha value is -2.41. The maximum absolute atomic E-state index is 13.6. The molecule has 7 heteroatoms. The van der Waals surface area contributed by atoms with E-state index in [4.69, 9.17) is 0 Å². The number of amides is 1. The van der Waals surface area contributed by atoms with Crippen LogP contribution in [0.4, 0.5) is 10.2 Å². The zero-order chi connectivity index (χ0) is 17.3. The number of halogens is 1. The summed E-state index contributed by atoms with van der Waals surface area (Å²) in [5, 5.41) is 3.25. The van der Waals surface area contributed by atoms with E-state index in [1.165, 1.54) is 23.9 Å². The fourth-order valence-electron chi connectivity index (χ4n) is 2.81. The molecule has 0 fully saturated rings. The van der Waals surface area contributed by atoms with Crippen molar-refractivity contribution in [2.75, 3.05) is 11.1 Å². The lowest BCUT2D eigenvalue weighted by atomic mass is 9.87. The summed E-state index contributed by atoms with van der Waals surface area (Å²) in [6, 6.07) is 5.98. The van der Waals surface area contributed by atoms with Crippen LogP contribution in [-0.2, 0) is 11.8 Å². The van der Waals surface area contributed by atoms with Gasteiger partial charge in [-0.15, -0.1) is 6.58 Å². The van der Waals surface area contributed by atoms with E-state index in [1.54, 1.807) is 29.8 Å². The molecule has 1 atom stereocenters. The lowest BCUT2D eigenvalue weighted by Gasteiger charge is -2.27. The van der Waals surface area contributed by atoms with Crippen molar-refractivity contribution in [3.8, 4) is 0 Å². The first-order valence-electron chi connectivity index (χ1n) is 7.41. The third-order valence-corrected chi connectivity index (χ3v) is 4.91. The van der Waals surface area contributed by atoms with Gasteiger partial charge in [0.1, 0.15) is 11.6 Å². The zero-order valence-electron chi connectivity index (χ0n) is 13.1. The summed E-state index contributed by atoms with van der Waals surface area (Å²) in [6.45, 7) is 3.65. The van der Waals surface area contributed by atoms with E-state index in [1.807, 2.05) is 0 Å². The van der Waals surface area contributed by atoms with Crippen molar-refractivity contribution in [3.05, 3.63) is 64.2 Å². The molecular formula is C17H16FN3O2S. The van der Waals surface area contributed by atoms with Crippen LogP contribution in [0.2, 0.25) is 0 Å². The van der Waals surface area contributed by atoms with Gasteiger partial charge in [-0.2, -0.15) is 4.98 Å². The van der Waals surface area contributed by atoms with E-state index >= 15 is 0 Å². The molecular weight excluding hydrogens is 329 g/mol. The molecule has 3 rings (SSSR count).